The van der Waals surface area contributed by atoms with Gasteiger partial charge in [-0.25, -0.2) is 0 Å². The summed E-state index contributed by atoms with van der Waals surface area (Å²) in [6.45, 7) is 0.166. The topological polar surface area (TPSA) is 59.1 Å². The van der Waals surface area contributed by atoms with Gasteiger partial charge in [0.15, 0.2) is 0 Å². The van der Waals surface area contributed by atoms with Crippen LogP contribution < -0.4 is 10.5 Å². The molecule has 0 unspecified atom stereocenters. The number of nitrogens with one attached hydrogen (secondary N) is 1. The van der Waals surface area contributed by atoms with Crippen LogP contribution in [0.5, 0.6) is 5.75 Å². The van der Waals surface area contributed by atoms with Crippen LogP contribution >= 0.6 is 34.8 Å². The van der Waals surface area contributed by atoms with Crippen molar-refractivity contribution in [3.8, 4) is 5.75 Å². The molecule has 0 radical (unpaired) electrons. The summed E-state index contributed by atoms with van der Waals surface area (Å²) in [4.78, 5) is 0. The third-order valence-electron chi connectivity index (χ3n) is 2.68. The molecule has 20 heavy (non-hydrogen) atoms. The van der Waals surface area contributed by atoms with Crippen molar-refractivity contribution < 1.29 is 4.74 Å². The molecule has 3 N–H and O–H groups in total. The second-order valence-corrected chi connectivity index (χ2v) is 5.24. The number of amidine groups is 1. The molecule has 6 heteroatoms. The van der Waals surface area contributed by atoms with Crippen molar-refractivity contribution in [1.29, 1.82) is 5.41 Å². The van der Waals surface area contributed by atoms with E-state index >= 15 is 0 Å². The monoisotopic (exact) mass is 328 g/mol. The van der Waals surface area contributed by atoms with Gasteiger partial charge in [0.25, 0.3) is 0 Å². The van der Waals surface area contributed by atoms with Gasteiger partial charge in [-0.05, 0) is 24.3 Å². The standard InChI is InChI=1S/C14H11Cl3N2O/c15-9-3-1-4-10(16)8(9)7-20-12-6-2-5-11(17)13(12)14(18)19/h1-6H,7H2,(H3,18,19). The highest BCUT2D eigenvalue weighted by Crippen LogP contribution is 2.29. The highest BCUT2D eigenvalue weighted by Gasteiger charge is 2.13. The van der Waals surface area contributed by atoms with Crippen molar-refractivity contribution in [3.05, 3.63) is 62.6 Å². The molecule has 0 saturated carbocycles. The Morgan fingerprint density at radius 3 is 2.15 bits per heavy atom. The summed E-state index contributed by atoms with van der Waals surface area (Å²) in [7, 11) is 0. The Balaban J connectivity index is 2.28. The molecule has 0 atom stereocenters. The molecular formula is C14H11Cl3N2O. The molecule has 0 aromatic heterocycles. The molecule has 2 rings (SSSR count). The van der Waals surface area contributed by atoms with Crippen molar-refractivity contribution in [2.45, 2.75) is 6.61 Å². The lowest BCUT2D eigenvalue weighted by atomic mass is 10.2. The van der Waals surface area contributed by atoms with Crippen molar-refractivity contribution in [2.75, 3.05) is 0 Å². The van der Waals surface area contributed by atoms with Crippen LogP contribution in [-0.4, -0.2) is 5.84 Å². The van der Waals surface area contributed by atoms with Gasteiger partial charge >= 0.3 is 0 Å². The van der Waals surface area contributed by atoms with Gasteiger partial charge in [-0.15, -0.1) is 0 Å². The second kappa shape index (κ2) is 6.35. The van der Waals surface area contributed by atoms with Gasteiger partial charge in [0.2, 0.25) is 0 Å². The van der Waals surface area contributed by atoms with E-state index in [0.29, 0.717) is 31.9 Å². The lowest BCUT2D eigenvalue weighted by Crippen LogP contribution is -2.14. The van der Waals surface area contributed by atoms with Crippen LogP contribution in [0.1, 0.15) is 11.1 Å². The molecule has 0 fully saturated rings. The van der Waals surface area contributed by atoms with Crippen molar-refractivity contribution >= 4 is 40.6 Å². The quantitative estimate of drug-likeness (QED) is 0.640. The minimum Gasteiger partial charge on any atom is -0.488 e. The van der Waals surface area contributed by atoms with E-state index in [1.807, 2.05) is 0 Å². The highest BCUT2D eigenvalue weighted by molar-refractivity contribution is 6.36. The SMILES string of the molecule is N=C(N)c1c(Cl)cccc1OCc1c(Cl)cccc1Cl. The lowest BCUT2D eigenvalue weighted by molar-refractivity contribution is 0.306. The number of ether oxygens (including phenoxy) is 1. The zero-order valence-electron chi connectivity index (χ0n) is 10.3. The molecule has 0 bridgehead atoms. The number of benzene rings is 2. The van der Waals surface area contributed by atoms with Gasteiger partial charge in [0.1, 0.15) is 18.2 Å². The van der Waals surface area contributed by atoms with Crippen molar-refractivity contribution in [1.82, 2.24) is 0 Å². The Kier molecular flexibility index (Phi) is 4.76. The molecule has 0 aliphatic rings. The zero-order valence-corrected chi connectivity index (χ0v) is 12.6. The fraction of sp³-hybridized carbons (Fsp3) is 0.0714. The predicted octanol–water partition coefficient (Wildman–Crippen LogP) is 4.51. The molecule has 0 spiro atoms. The smallest absolute Gasteiger partial charge is 0.132 e. The van der Waals surface area contributed by atoms with E-state index < -0.39 is 0 Å². The van der Waals surface area contributed by atoms with Crippen LogP contribution in [0.2, 0.25) is 15.1 Å². The molecule has 2 aromatic rings. The number of rotatable bonds is 4. The molecule has 3 nitrogen and oxygen atoms in total. The maximum Gasteiger partial charge on any atom is 0.132 e. The van der Waals surface area contributed by atoms with E-state index in [1.165, 1.54) is 0 Å². The summed E-state index contributed by atoms with van der Waals surface area (Å²) in [5, 5.41) is 8.94. The average Bonchev–Trinajstić information content (AvgIpc) is 2.37. The predicted molar refractivity (Wildman–Crippen MR) is 83.3 cm³/mol. The minimum atomic E-state index is -0.157. The second-order valence-electron chi connectivity index (χ2n) is 4.02. The average molecular weight is 330 g/mol. The number of hydrogen-bond acceptors (Lipinski definition) is 2. The summed E-state index contributed by atoms with van der Waals surface area (Å²) in [5.74, 6) is 0.261. The number of nitrogen functional groups attached to an aromatic ring is 1. The summed E-state index contributed by atoms with van der Waals surface area (Å²) in [6, 6.07) is 10.3. The summed E-state index contributed by atoms with van der Waals surface area (Å²) >= 11 is 18.2. The first-order chi connectivity index (χ1) is 9.50. The van der Waals surface area contributed by atoms with Crippen LogP contribution in [0.15, 0.2) is 36.4 Å². The van der Waals surface area contributed by atoms with Crippen molar-refractivity contribution in [2.24, 2.45) is 5.73 Å². The third kappa shape index (κ3) is 3.18. The zero-order chi connectivity index (χ0) is 14.7. The Hall–Kier alpha value is -1.42. The molecule has 0 heterocycles. The largest absolute Gasteiger partial charge is 0.488 e. The maximum atomic E-state index is 7.55. The Morgan fingerprint density at radius 1 is 1.00 bits per heavy atom. The Bertz CT molecular complexity index is 639. The van der Waals surface area contributed by atoms with Gasteiger partial charge in [0.05, 0.1) is 10.6 Å². The maximum absolute atomic E-state index is 7.55. The van der Waals surface area contributed by atoms with Crippen LogP contribution in [0.3, 0.4) is 0 Å². The molecule has 2 aromatic carbocycles. The summed E-state index contributed by atoms with van der Waals surface area (Å²) in [5.41, 5.74) is 6.54. The van der Waals surface area contributed by atoms with E-state index in [1.54, 1.807) is 36.4 Å². The molecule has 0 aliphatic carbocycles. The van der Waals surface area contributed by atoms with E-state index in [9.17, 15) is 0 Å². The van der Waals surface area contributed by atoms with Crippen molar-refractivity contribution in [3.63, 3.8) is 0 Å². The van der Waals surface area contributed by atoms with E-state index in [4.69, 9.17) is 50.7 Å². The van der Waals surface area contributed by atoms with Crippen LogP contribution in [0.4, 0.5) is 0 Å². The molecule has 104 valence electrons. The van der Waals surface area contributed by atoms with Gasteiger partial charge in [0, 0.05) is 15.6 Å². The first-order valence-corrected chi connectivity index (χ1v) is 6.82. The summed E-state index contributed by atoms with van der Waals surface area (Å²) in [6.07, 6.45) is 0. The number of nitrogens with two attached hydrogens (primary N) is 1. The van der Waals surface area contributed by atoms with Gasteiger partial charge in [-0.2, -0.15) is 0 Å². The number of hydrogen-bond donors (Lipinski definition) is 2. The first-order valence-electron chi connectivity index (χ1n) is 5.69. The van der Waals surface area contributed by atoms with E-state index in [-0.39, 0.29) is 12.4 Å². The lowest BCUT2D eigenvalue weighted by Gasteiger charge is -2.13. The molecule has 0 saturated heterocycles. The van der Waals surface area contributed by atoms with E-state index in [0.717, 1.165) is 0 Å². The van der Waals surface area contributed by atoms with E-state index in [2.05, 4.69) is 0 Å². The summed E-state index contributed by atoms with van der Waals surface area (Å²) < 4.78 is 5.65. The fourth-order valence-electron chi connectivity index (χ4n) is 1.71. The van der Waals surface area contributed by atoms with Crippen LogP contribution in [0, 0.1) is 5.41 Å². The normalized spacial score (nSPS) is 10.3. The van der Waals surface area contributed by atoms with Gasteiger partial charge < -0.3 is 10.5 Å². The third-order valence-corrected chi connectivity index (χ3v) is 3.70. The van der Waals surface area contributed by atoms with Gasteiger partial charge in [-0.3, -0.25) is 5.41 Å². The molecule has 0 amide bonds. The Labute approximate surface area is 131 Å². The minimum absolute atomic E-state index is 0.157. The van der Waals surface area contributed by atoms with Gasteiger partial charge in [-0.1, -0.05) is 46.9 Å². The van der Waals surface area contributed by atoms with Crippen LogP contribution in [-0.2, 0) is 6.61 Å². The molecular weight excluding hydrogens is 319 g/mol. The fourth-order valence-corrected chi connectivity index (χ4v) is 2.48. The Morgan fingerprint density at radius 2 is 1.55 bits per heavy atom. The van der Waals surface area contributed by atoms with Crippen LogP contribution in [0.25, 0.3) is 0 Å². The molecule has 0 aliphatic heterocycles. The highest BCUT2D eigenvalue weighted by atomic mass is 35.5. The number of halogens is 3. The first kappa shape index (κ1) is 15.0.